The Labute approximate surface area is 210 Å². The van der Waals surface area contributed by atoms with E-state index in [2.05, 4.69) is 33.1 Å². The Kier molecular flexibility index (Phi) is 9.70. The second kappa shape index (κ2) is 12.7. The normalized spacial score (nSPS) is 10.8. The molecule has 3 aromatic rings. The number of amides is 1. The average molecular weight is 581 g/mol. The number of halogens is 2. The average Bonchev–Trinajstić information content (AvgIpc) is 2.79. The predicted molar refractivity (Wildman–Crippen MR) is 139 cm³/mol. The fourth-order valence-corrected chi connectivity index (χ4v) is 3.80. The Morgan fingerprint density at radius 2 is 1.81 bits per heavy atom. The number of benzene rings is 3. The van der Waals surface area contributed by atoms with Gasteiger partial charge in [-0.25, -0.2) is 5.43 Å². The molecule has 1 amide bonds. The molecule has 166 valence electrons. The van der Waals surface area contributed by atoms with Crippen molar-refractivity contribution in [2.24, 2.45) is 5.10 Å². The molecule has 0 saturated carbocycles. The first-order chi connectivity index (χ1) is 15.5. The van der Waals surface area contributed by atoms with Gasteiger partial charge in [0.05, 0.1) is 18.6 Å². The van der Waals surface area contributed by atoms with Crippen molar-refractivity contribution >= 4 is 58.1 Å². The van der Waals surface area contributed by atoms with Crippen LogP contribution in [0.15, 0.2) is 76.7 Å². The van der Waals surface area contributed by atoms with E-state index >= 15 is 0 Å². The summed E-state index contributed by atoms with van der Waals surface area (Å²) in [5, 5.41) is 4.71. The van der Waals surface area contributed by atoms with Crippen molar-refractivity contribution in [1.29, 1.82) is 0 Å². The molecule has 0 unspecified atom stereocenters. The van der Waals surface area contributed by atoms with Crippen molar-refractivity contribution in [3.63, 3.8) is 0 Å². The van der Waals surface area contributed by atoms with Crippen LogP contribution in [-0.4, -0.2) is 24.5 Å². The van der Waals surface area contributed by atoms with Gasteiger partial charge in [0.2, 0.25) is 5.91 Å². The van der Waals surface area contributed by atoms with Gasteiger partial charge in [0.25, 0.3) is 0 Å². The van der Waals surface area contributed by atoms with Crippen LogP contribution < -0.4 is 14.9 Å². The summed E-state index contributed by atoms with van der Waals surface area (Å²) in [4.78, 5) is 13.0. The van der Waals surface area contributed by atoms with Gasteiger partial charge in [-0.15, -0.1) is 11.8 Å². The van der Waals surface area contributed by atoms with Crippen molar-refractivity contribution in [2.45, 2.75) is 18.4 Å². The summed E-state index contributed by atoms with van der Waals surface area (Å²) < 4.78 is 12.8. The molecule has 0 aliphatic heterocycles. The first-order valence-corrected chi connectivity index (χ1v) is 12.3. The van der Waals surface area contributed by atoms with Crippen LogP contribution in [-0.2, 0) is 11.4 Å². The van der Waals surface area contributed by atoms with Crippen molar-refractivity contribution in [2.75, 3.05) is 12.4 Å². The summed E-state index contributed by atoms with van der Waals surface area (Å²) in [5.41, 5.74) is 4.41. The SMILES string of the molecule is CCOc1cc(/C=N\NC(=O)CSc2ccc(Cl)cc2)ccc1OCc1ccc(I)cc1. The number of hydrazone groups is 1. The lowest BCUT2D eigenvalue weighted by Gasteiger charge is -2.12. The van der Waals surface area contributed by atoms with Crippen LogP contribution in [0, 0.1) is 3.57 Å². The van der Waals surface area contributed by atoms with E-state index in [0.29, 0.717) is 29.7 Å². The zero-order valence-corrected chi connectivity index (χ0v) is 21.1. The van der Waals surface area contributed by atoms with Gasteiger partial charge in [0.1, 0.15) is 6.61 Å². The number of nitrogens with one attached hydrogen (secondary N) is 1. The van der Waals surface area contributed by atoms with Gasteiger partial charge in [-0.05, 0) is 95.2 Å². The molecule has 0 aromatic heterocycles. The number of rotatable bonds is 10. The summed E-state index contributed by atoms with van der Waals surface area (Å²) in [6.45, 7) is 2.88. The largest absolute Gasteiger partial charge is 0.490 e. The van der Waals surface area contributed by atoms with Crippen LogP contribution in [0.25, 0.3) is 0 Å². The summed E-state index contributed by atoms with van der Waals surface area (Å²) in [6.07, 6.45) is 1.58. The Hall–Kier alpha value is -2.23. The number of nitrogens with zero attached hydrogens (tertiary/aromatic N) is 1. The Morgan fingerprint density at radius 3 is 2.53 bits per heavy atom. The molecular weight excluding hydrogens is 559 g/mol. The number of ether oxygens (including phenoxy) is 2. The number of hydrogen-bond acceptors (Lipinski definition) is 5. The molecular formula is C24H22ClIN2O3S. The Balaban J connectivity index is 1.54. The minimum absolute atomic E-state index is 0.191. The molecule has 0 fully saturated rings. The predicted octanol–water partition coefficient (Wildman–Crippen LogP) is 6.16. The van der Waals surface area contributed by atoms with E-state index in [4.69, 9.17) is 21.1 Å². The maximum atomic E-state index is 12.0. The van der Waals surface area contributed by atoms with Gasteiger partial charge in [-0.1, -0.05) is 23.7 Å². The van der Waals surface area contributed by atoms with Crippen molar-refractivity contribution in [3.05, 3.63) is 86.4 Å². The number of carbonyl (C=O) groups excluding carboxylic acids is 1. The van der Waals surface area contributed by atoms with Crippen molar-refractivity contribution in [1.82, 2.24) is 5.43 Å². The molecule has 0 aliphatic carbocycles. The molecule has 8 heteroatoms. The molecule has 0 saturated heterocycles. The lowest BCUT2D eigenvalue weighted by Crippen LogP contribution is -2.19. The molecule has 5 nitrogen and oxygen atoms in total. The van der Waals surface area contributed by atoms with Crippen LogP contribution >= 0.6 is 46.0 Å². The molecule has 0 bridgehead atoms. The molecule has 0 radical (unpaired) electrons. The highest BCUT2D eigenvalue weighted by molar-refractivity contribution is 14.1. The van der Waals surface area contributed by atoms with E-state index < -0.39 is 0 Å². The third kappa shape index (κ3) is 8.03. The van der Waals surface area contributed by atoms with Crippen LogP contribution in [0.5, 0.6) is 11.5 Å². The minimum Gasteiger partial charge on any atom is -0.490 e. The highest BCUT2D eigenvalue weighted by Gasteiger charge is 2.07. The summed E-state index contributed by atoms with van der Waals surface area (Å²) in [5.74, 6) is 1.36. The van der Waals surface area contributed by atoms with Gasteiger partial charge in [-0.3, -0.25) is 4.79 Å². The zero-order chi connectivity index (χ0) is 22.8. The number of thioether (sulfide) groups is 1. The first kappa shape index (κ1) is 24.4. The molecule has 1 N–H and O–H groups in total. The van der Waals surface area contributed by atoms with Crippen LogP contribution in [0.3, 0.4) is 0 Å². The van der Waals surface area contributed by atoms with Gasteiger partial charge in [-0.2, -0.15) is 5.10 Å². The molecule has 0 heterocycles. The Morgan fingerprint density at radius 1 is 1.06 bits per heavy atom. The lowest BCUT2D eigenvalue weighted by atomic mass is 10.2. The van der Waals surface area contributed by atoms with Gasteiger partial charge in [0, 0.05) is 13.5 Å². The van der Waals surface area contributed by atoms with E-state index in [1.807, 2.05) is 61.5 Å². The maximum absolute atomic E-state index is 12.0. The molecule has 0 aliphatic rings. The second-order valence-electron chi connectivity index (χ2n) is 6.59. The second-order valence-corrected chi connectivity index (χ2v) is 9.32. The van der Waals surface area contributed by atoms with E-state index in [-0.39, 0.29) is 11.7 Å². The van der Waals surface area contributed by atoms with E-state index in [0.717, 1.165) is 16.0 Å². The smallest absolute Gasteiger partial charge is 0.250 e. The van der Waals surface area contributed by atoms with Crippen LogP contribution in [0.4, 0.5) is 0 Å². The molecule has 0 spiro atoms. The number of carbonyl (C=O) groups is 1. The maximum Gasteiger partial charge on any atom is 0.250 e. The quantitative estimate of drug-likeness (QED) is 0.135. The molecule has 0 atom stereocenters. The highest BCUT2D eigenvalue weighted by Crippen LogP contribution is 2.29. The fourth-order valence-electron chi connectivity index (χ4n) is 2.63. The molecule has 3 aromatic carbocycles. The van der Waals surface area contributed by atoms with Gasteiger partial charge < -0.3 is 9.47 Å². The van der Waals surface area contributed by atoms with E-state index in [9.17, 15) is 4.79 Å². The first-order valence-electron chi connectivity index (χ1n) is 9.88. The fraction of sp³-hybridized carbons (Fsp3) is 0.167. The number of hydrogen-bond donors (Lipinski definition) is 1. The van der Waals surface area contributed by atoms with E-state index in [1.165, 1.54) is 15.3 Å². The highest BCUT2D eigenvalue weighted by atomic mass is 127. The van der Waals surface area contributed by atoms with Gasteiger partial charge in [0.15, 0.2) is 11.5 Å². The van der Waals surface area contributed by atoms with Gasteiger partial charge >= 0.3 is 0 Å². The monoisotopic (exact) mass is 580 g/mol. The van der Waals surface area contributed by atoms with Crippen LogP contribution in [0.1, 0.15) is 18.1 Å². The standard InChI is InChI=1S/C24H22ClIN2O3S/c1-2-30-23-13-18(5-12-22(23)31-15-17-3-8-20(26)9-4-17)14-27-28-24(29)16-32-21-10-6-19(25)7-11-21/h3-14H,2,15-16H2,1H3,(H,28,29)/b27-14-. The third-order valence-electron chi connectivity index (χ3n) is 4.16. The molecule has 32 heavy (non-hydrogen) atoms. The van der Waals surface area contributed by atoms with Crippen molar-refractivity contribution in [3.8, 4) is 11.5 Å². The van der Waals surface area contributed by atoms with Crippen LogP contribution in [0.2, 0.25) is 5.02 Å². The topological polar surface area (TPSA) is 59.9 Å². The van der Waals surface area contributed by atoms with Crippen molar-refractivity contribution < 1.29 is 14.3 Å². The summed E-state index contributed by atoms with van der Waals surface area (Å²) in [7, 11) is 0. The minimum atomic E-state index is -0.191. The van der Waals surface area contributed by atoms with E-state index in [1.54, 1.807) is 18.3 Å². The lowest BCUT2D eigenvalue weighted by molar-refractivity contribution is -0.118. The Bertz CT molecular complexity index is 1060. The summed E-state index contributed by atoms with van der Waals surface area (Å²) >= 11 is 9.56. The molecule has 3 rings (SSSR count). The zero-order valence-electron chi connectivity index (χ0n) is 17.4. The summed E-state index contributed by atoms with van der Waals surface area (Å²) in [6, 6.07) is 21.1. The third-order valence-corrected chi connectivity index (χ3v) is 6.14.